The van der Waals surface area contributed by atoms with E-state index in [0.29, 0.717) is 62.9 Å². The van der Waals surface area contributed by atoms with Gasteiger partial charge in [-0.15, -0.1) is 12.6 Å². The molecule has 0 spiro atoms. The summed E-state index contributed by atoms with van der Waals surface area (Å²) >= 11 is 5.69. The Morgan fingerprint density at radius 1 is 1.14 bits per heavy atom. The number of fused-ring (bicyclic) bond motifs is 1. The predicted molar refractivity (Wildman–Crippen MR) is 208 cm³/mol. The number of amides is 3. The second kappa shape index (κ2) is 21.5. The van der Waals surface area contributed by atoms with E-state index < -0.39 is 17.5 Å². The number of methoxy groups -OCH3 is 1. The molecule has 56 heavy (non-hydrogen) atoms. The van der Waals surface area contributed by atoms with Crippen molar-refractivity contribution in [2.75, 3.05) is 38.6 Å². The Hall–Kier alpha value is -3.24. The summed E-state index contributed by atoms with van der Waals surface area (Å²) in [5, 5.41) is 18.4. The first-order chi connectivity index (χ1) is 26.1. The SMILES string of the molecule is C=[C-]N(/N=C(\C)c1ccc2c(c1)COC2)C(=O)C(=[C-]CC)N1CCN(C(=O)c2nc(COC)c(C)cc2O)CC1.[CH2-]C(=O)Nc1ccc(C(F)(F)P)cc1Cl.[K+]. The molecule has 1 fully saturated rings. The Morgan fingerprint density at radius 3 is 2.39 bits per heavy atom. The van der Waals surface area contributed by atoms with Crippen LogP contribution in [0.5, 0.6) is 5.75 Å². The summed E-state index contributed by atoms with van der Waals surface area (Å²) in [6.45, 7) is 15.2. The number of hydrogen-bond acceptors (Lipinski definition) is 9. The fourth-order valence-electron chi connectivity index (χ4n) is 5.68. The van der Waals surface area contributed by atoms with E-state index in [2.05, 4.69) is 41.2 Å². The maximum Gasteiger partial charge on any atom is 1.00 e. The van der Waals surface area contributed by atoms with Crippen LogP contribution in [0.2, 0.25) is 5.02 Å². The van der Waals surface area contributed by atoms with E-state index in [4.69, 9.17) is 21.1 Å². The van der Waals surface area contributed by atoms with Gasteiger partial charge in [-0.3, -0.25) is 4.79 Å². The zero-order chi connectivity index (χ0) is 40.4. The number of aryl methyl sites for hydroxylation is 1. The summed E-state index contributed by atoms with van der Waals surface area (Å²) in [6, 6.07) is 11.1. The van der Waals surface area contributed by atoms with Crippen molar-refractivity contribution in [1.82, 2.24) is 19.8 Å². The number of nitrogens with zero attached hydrogens (tertiary/aromatic N) is 5. The molecule has 0 aliphatic carbocycles. The molecule has 294 valence electrons. The van der Waals surface area contributed by atoms with Gasteiger partial charge in [-0.05, 0) is 60.4 Å². The van der Waals surface area contributed by atoms with Crippen LogP contribution in [0.25, 0.3) is 0 Å². The Labute approximate surface area is 375 Å². The van der Waals surface area contributed by atoms with E-state index in [9.17, 15) is 28.3 Å². The Morgan fingerprint density at radius 2 is 1.80 bits per heavy atom. The number of ether oxygens (including phenoxy) is 2. The first kappa shape index (κ1) is 47.1. The second-order valence-electron chi connectivity index (χ2n) is 12.5. The topological polar surface area (TPSA) is 137 Å². The predicted octanol–water partition coefficient (Wildman–Crippen LogP) is 3.37. The molecule has 12 nitrogen and oxygen atoms in total. The van der Waals surface area contributed by atoms with Gasteiger partial charge in [0, 0.05) is 38.9 Å². The van der Waals surface area contributed by atoms with Gasteiger partial charge in [-0.25, -0.2) is 16.2 Å². The van der Waals surface area contributed by atoms with E-state index >= 15 is 0 Å². The smallest absolute Gasteiger partial charge is 0.505 e. The molecule has 1 atom stereocenters. The zero-order valence-electron chi connectivity index (χ0n) is 32.0. The molecule has 0 bridgehead atoms. The Kier molecular flexibility index (Phi) is 18.1. The van der Waals surface area contributed by atoms with Crippen molar-refractivity contribution < 1.29 is 89.1 Å². The van der Waals surface area contributed by atoms with Gasteiger partial charge in [-0.2, -0.15) is 15.4 Å². The second-order valence-corrected chi connectivity index (χ2v) is 13.6. The van der Waals surface area contributed by atoms with Crippen LogP contribution in [0, 0.1) is 26.1 Å². The molecule has 2 aliphatic rings. The van der Waals surface area contributed by atoms with Gasteiger partial charge in [0.2, 0.25) is 0 Å². The van der Waals surface area contributed by atoms with Gasteiger partial charge in [0.15, 0.2) is 5.69 Å². The fraction of sp³-hybridized carbons (Fsp3) is 0.333. The van der Waals surface area contributed by atoms with Crippen molar-refractivity contribution >= 4 is 50.0 Å². The van der Waals surface area contributed by atoms with Gasteiger partial charge in [0.1, 0.15) is 11.7 Å². The molecule has 3 aromatic rings. The number of pyridine rings is 1. The number of hydrogen-bond donors (Lipinski definition) is 2. The standard InChI is InChI=1S/C30H35N5O5.C9H8ClF2NOP.K/c1-6-8-26(29(37)35(7-2)32-21(4)22-9-10-23-17-40-18-24(23)16-22)33-11-13-34(14-12-33)30(38)28-27(36)15-20(3)25(31-28)19-39-5;1-5(14)13-8-3-2-6(4-7(8)10)9(11,12)15;/h9-10,15-16,36H,2,6,11-14,17-19H2,1,3-5H3;2-4H,1,15H2,(H,13,14);/q-2;-1;+1/b32-21+;;. The normalized spacial score (nSPS) is 14.2. The van der Waals surface area contributed by atoms with Crippen LogP contribution in [0.3, 0.4) is 0 Å². The monoisotopic (exact) mass is 834 g/mol. The number of aromatic hydroxyl groups is 1. The summed E-state index contributed by atoms with van der Waals surface area (Å²) in [4.78, 5) is 45.2. The van der Waals surface area contributed by atoms with E-state index in [1.165, 1.54) is 27.4 Å². The van der Waals surface area contributed by atoms with Gasteiger partial charge in [0.25, 0.3) is 11.6 Å². The number of halogens is 3. The molecule has 2 aliphatic heterocycles. The van der Waals surface area contributed by atoms with Crippen molar-refractivity contribution in [3.63, 3.8) is 0 Å². The summed E-state index contributed by atoms with van der Waals surface area (Å²) in [5.74, 6) is -1.49. The number of hydrazone groups is 1. The van der Waals surface area contributed by atoms with Crippen LogP contribution in [0.15, 0.2) is 59.8 Å². The third-order valence-corrected chi connectivity index (χ3v) is 9.22. The molecule has 2 N–H and O–H groups in total. The summed E-state index contributed by atoms with van der Waals surface area (Å²) < 4.78 is 36.3. The molecule has 1 saturated heterocycles. The van der Waals surface area contributed by atoms with Crippen LogP contribution in [-0.2, 0) is 44.5 Å². The first-order valence-corrected chi connectivity index (χ1v) is 18.1. The first-order valence-electron chi connectivity index (χ1n) is 17.1. The van der Waals surface area contributed by atoms with E-state index in [-0.39, 0.29) is 91.6 Å². The number of anilines is 1. The number of carbonyl (C=O) groups is 3. The molecule has 3 amide bonds. The summed E-state index contributed by atoms with van der Waals surface area (Å²) in [5.41, 5.74) is 2.48. The number of alkyl halides is 2. The number of carbonyl (C=O) groups excluding carboxylic acids is 3. The number of benzene rings is 2. The van der Waals surface area contributed by atoms with E-state index in [0.717, 1.165) is 33.3 Å². The minimum absolute atomic E-state index is 0. The summed E-state index contributed by atoms with van der Waals surface area (Å²) in [7, 11) is 2.96. The Bertz CT molecular complexity index is 1990. The van der Waals surface area contributed by atoms with Crippen LogP contribution in [0.4, 0.5) is 14.5 Å². The molecule has 17 heteroatoms. The molecule has 2 aromatic carbocycles. The number of aromatic nitrogens is 1. The quantitative estimate of drug-likeness (QED) is 0.0572. The molecular weight excluding hydrogens is 792 g/mol. The third-order valence-electron chi connectivity index (χ3n) is 8.57. The van der Waals surface area contributed by atoms with Crippen LogP contribution in [0.1, 0.15) is 64.3 Å². The van der Waals surface area contributed by atoms with Crippen LogP contribution in [-0.4, -0.2) is 81.6 Å². The van der Waals surface area contributed by atoms with Gasteiger partial charge < -0.3 is 51.2 Å². The minimum Gasteiger partial charge on any atom is -0.505 e. The Balaban J connectivity index is 0.000000443. The van der Waals surface area contributed by atoms with Crippen molar-refractivity contribution in [2.24, 2.45) is 5.10 Å². The molecule has 3 heterocycles. The van der Waals surface area contributed by atoms with Crippen molar-refractivity contribution in [3.8, 4) is 5.75 Å². The number of rotatable bonds is 11. The largest absolute Gasteiger partial charge is 1.00 e. The number of piperazine rings is 1. The minimum atomic E-state index is -3.03. The average molecular weight is 835 g/mol. The number of nitrogens with one attached hydrogen (secondary N) is 1. The molecule has 0 radical (unpaired) electrons. The van der Waals surface area contributed by atoms with Crippen molar-refractivity contribution in [1.29, 1.82) is 0 Å². The maximum atomic E-state index is 13.5. The number of allylic oxidation sites excluding steroid dienone is 1. The van der Waals surface area contributed by atoms with Gasteiger partial charge in [-0.1, -0.05) is 51.7 Å². The molecular formula is C39H43ClF2KN6O6P-2. The maximum absolute atomic E-state index is 13.5. The van der Waals surface area contributed by atoms with Crippen LogP contribution >= 0.6 is 20.8 Å². The fourth-order valence-corrected chi connectivity index (χ4v) is 6.09. The molecule has 1 aromatic heterocycles. The molecule has 0 saturated carbocycles. The van der Waals surface area contributed by atoms with Gasteiger partial charge >= 0.3 is 51.4 Å². The molecule has 1 unspecified atom stereocenters. The molecule has 5 rings (SSSR count). The van der Waals surface area contributed by atoms with Gasteiger partial charge in [0.05, 0.1) is 47.8 Å². The third kappa shape index (κ3) is 12.4. The summed E-state index contributed by atoms with van der Waals surface area (Å²) in [6.07, 6.45) is 6.30. The van der Waals surface area contributed by atoms with E-state index in [1.807, 2.05) is 36.9 Å². The van der Waals surface area contributed by atoms with Crippen molar-refractivity contribution in [2.45, 2.75) is 52.7 Å². The van der Waals surface area contributed by atoms with E-state index in [1.54, 1.807) is 18.9 Å². The average Bonchev–Trinajstić information content (AvgIpc) is 3.62. The zero-order valence-corrected chi connectivity index (χ0v) is 37.1. The van der Waals surface area contributed by atoms with Crippen LogP contribution < -0.4 is 56.7 Å². The van der Waals surface area contributed by atoms with Crippen molar-refractivity contribution in [3.05, 3.63) is 118 Å².